The van der Waals surface area contributed by atoms with Gasteiger partial charge in [0.15, 0.2) is 0 Å². The lowest BCUT2D eigenvalue weighted by Gasteiger charge is -2.06. The average molecular weight is 225 g/mol. The van der Waals surface area contributed by atoms with Gasteiger partial charge in [0.1, 0.15) is 12.4 Å². The highest BCUT2D eigenvalue weighted by Crippen LogP contribution is 2.12. The minimum Gasteiger partial charge on any atom is -0.489 e. The number of benzene rings is 1. The van der Waals surface area contributed by atoms with E-state index in [2.05, 4.69) is 12.6 Å². The Bertz CT molecular complexity index is 461. The number of nitrogens with zero attached hydrogens (tertiary/aromatic N) is 1. The van der Waals surface area contributed by atoms with Crippen LogP contribution in [0.25, 0.3) is 0 Å². The zero-order valence-electron chi connectivity index (χ0n) is 9.89. The van der Waals surface area contributed by atoms with Crippen LogP contribution >= 0.6 is 0 Å². The smallest absolute Gasteiger partial charge is 0.119 e. The van der Waals surface area contributed by atoms with Gasteiger partial charge in [0.2, 0.25) is 0 Å². The molecule has 0 saturated carbocycles. The van der Waals surface area contributed by atoms with E-state index in [-0.39, 0.29) is 0 Å². The molecule has 0 saturated heterocycles. The summed E-state index contributed by atoms with van der Waals surface area (Å²) in [6.07, 6.45) is 7.62. The summed E-state index contributed by atoms with van der Waals surface area (Å²) in [5.41, 5.74) is 1.64. The second-order valence-corrected chi connectivity index (χ2v) is 3.40. The minimum absolute atomic E-state index is 0.472. The SMILES string of the molecule is C=C/C(=C\C=C/C)COc1ccc(C#N)cc1. The van der Waals surface area contributed by atoms with Gasteiger partial charge in [-0.15, -0.1) is 0 Å². The summed E-state index contributed by atoms with van der Waals surface area (Å²) in [5, 5.41) is 8.66. The van der Waals surface area contributed by atoms with Gasteiger partial charge in [-0.05, 0) is 36.8 Å². The van der Waals surface area contributed by atoms with Gasteiger partial charge in [-0.3, -0.25) is 0 Å². The normalized spacial score (nSPS) is 11.2. The van der Waals surface area contributed by atoms with E-state index in [0.29, 0.717) is 12.2 Å². The van der Waals surface area contributed by atoms with Crippen LogP contribution in [0.15, 0.2) is 60.7 Å². The van der Waals surface area contributed by atoms with Crippen molar-refractivity contribution in [2.24, 2.45) is 0 Å². The van der Waals surface area contributed by atoms with Crippen LogP contribution in [0.4, 0.5) is 0 Å². The molecule has 0 aliphatic heterocycles. The fraction of sp³-hybridized carbons (Fsp3) is 0.133. The van der Waals surface area contributed by atoms with Crippen LogP contribution in [0.1, 0.15) is 12.5 Å². The molecule has 86 valence electrons. The first-order chi connectivity index (χ1) is 8.30. The van der Waals surface area contributed by atoms with Gasteiger partial charge in [0.05, 0.1) is 11.6 Å². The number of rotatable bonds is 5. The second kappa shape index (κ2) is 7.08. The molecule has 0 heterocycles. The number of ether oxygens (including phenoxy) is 1. The quantitative estimate of drug-likeness (QED) is 0.717. The van der Waals surface area contributed by atoms with Crippen LogP contribution in [0.5, 0.6) is 5.75 Å². The largest absolute Gasteiger partial charge is 0.489 e. The van der Waals surface area contributed by atoms with E-state index in [0.717, 1.165) is 11.3 Å². The molecule has 0 N–H and O–H groups in total. The van der Waals surface area contributed by atoms with Crippen molar-refractivity contribution in [3.05, 3.63) is 66.3 Å². The van der Waals surface area contributed by atoms with Gasteiger partial charge in [-0.2, -0.15) is 5.26 Å². The van der Waals surface area contributed by atoms with Crippen molar-refractivity contribution in [1.29, 1.82) is 5.26 Å². The first kappa shape index (κ1) is 12.8. The van der Waals surface area contributed by atoms with Gasteiger partial charge in [0, 0.05) is 0 Å². The number of hydrogen-bond donors (Lipinski definition) is 0. The van der Waals surface area contributed by atoms with E-state index < -0.39 is 0 Å². The predicted molar refractivity (Wildman–Crippen MR) is 69.7 cm³/mol. The third-order valence-corrected chi connectivity index (χ3v) is 2.15. The number of nitriles is 1. The highest BCUT2D eigenvalue weighted by atomic mass is 16.5. The summed E-state index contributed by atoms with van der Waals surface area (Å²) in [7, 11) is 0. The van der Waals surface area contributed by atoms with E-state index in [9.17, 15) is 0 Å². The summed E-state index contributed by atoms with van der Waals surface area (Å²) in [6.45, 7) is 6.16. The van der Waals surface area contributed by atoms with Gasteiger partial charge < -0.3 is 4.74 Å². The van der Waals surface area contributed by atoms with Crippen molar-refractivity contribution >= 4 is 0 Å². The summed E-state index contributed by atoms with van der Waals surface area (Å²) < 4.78 is 5.57. The van der Waals surface area contributed by atoms with Crippen molar-refractivity contribution < 1.29 is 4.74 Å². The third-order valence-electron chi connectivity index (χ3n) is 2.15. The highest BCUT2D eigenvalue weighted by Gasteiger charge is 1.96. The molecule has 0 aliphatic rings. The van der Waals surface area contributed by atoms with E-state index in [1.807, 2.05) is 25.2 Å². The Morgan fingerprint density at radius 1 is 1.41 bits per heavy atom. The average Bonchev–Trinajstić information content (AvgIpc) is 2.39. The first-order valence-electron chi connectivity index (χ1n) is 5.37. The Morgan fingerprint density at radius 3 is 2.65 bits per heavy atom. The Morgan fingerprint density at radius 2 is 2.12 bits per heavy atom. The zero-order chi connectivity index (χ0) is 12.5. The standard InChI is InChI=1S/C15H15NO/c1-3-5-6-13(4-2)12-17-15-9-7-14(11-16)8-10-15/h3-10H,2,12H2,1H3/b5-3-,13-6+. The molecule has 0 unspecified atom stereocenters. The van der Waals surface area contributed by atoms with Crippen LogP contribution in [-0.4, -0.2) is 6.61 Å². The Hall–Kier alpha value is -2.27. The molecular weight excluding hydrogens is 210 g/mol. The molecule has 0 spiro atoms. The molecular formula is C15H15NO. The van der Waals surface area contributed by atoms with E-state index >= 15 is 0 Å². The minimum atomic E-state index is 0.472. The summed E-state index contributed by atoms with van der Waals surface area (Å²) in [6, 6.07) is 9.11. The Kier molecular flexibility index (Phi) is 5.33. The van der Waals surface area contributed by atoms with Crippen molar-refractivity contribution in [2.75, 3.05) is 6.61 Å². The van der Waals surface area contributed by atoms with E-state index in [1.54, 1.807) is 30.3 Å². The molecule has 1 aromatic carbocycles. The van der Waals surface area contributed by atoms with Gasteiger partial charge in [-0.1, -0.05) is 30.9 Å². The molecule has 2 nitrogen and oxygen atoms in total. The number of allylic oxidation sites excluding steroid dienone is 3. The number of hydrogen-bond acceptors (Lipinski definition) is 2. The van der Waals surface area contributed by atoms with Gasteiger partial charge in [-0.25, -0.2) is 0 Å². The summed E-state index contributed by atoms with van der Waals surface area (Å²) in [4.78, 5) is 0. The lowest BCUT2D eigenvalue weighted by Crippen LogP contribution is -1.99. The Labute approximate surface area is 102 Å². The fourth-order valence-electron chi connectivity index (χ4n) is 1.19. The third kappa shape index (κ3) is 4.40. The predicted octanol–water partition coefficient (Wildman–Crippen LogP) is 3.63. The van der Waals surface area contributed by atoms with Crippen LogP contribution < -0.4 is 4.74 Å². The van der Waals surface area contributed by atoms with Crippen LogP contribution in [0, 0.1) is 11.3 Å². The summed E-state index contributed by atoms with van der Waals surface area (Å²) >= 11 is 0. The monoisotopic (exact) mass is 225 g/mol. The lowest BCUT2D eigenvalue weighted by atomic mass is 10.2. The van der Waals surface area contributed by atoms with Crippen molar-refractivity contribution in [3.63, 3.8) is 0 Å². The first-order valence-corrected chi connectivity index (χ1v) is 5.37. The van der Waals surface area contributed by atoms with Crippen LogP contribution in [0.3, 0.4) is 0 Å². The highest BCUT2D eigenvalue weighted by molar-refractivity contribution is 5.35. The molecule has 17 heavy (non-hydrogen) atoms. The van der Waals surface area contributed by atoms with Crippen molar-refractivity contribution in [2.45, 2.75) is 6.92 Å². The maximum absolute atomic E-state index is 8.66. The fourth-order valence-corrected chi connectivity index (χ4v) is 1.19. The molecule has 0 radical (unpaired) electrons. The van der Waals surface area contributed by atoms with Crippen molar-refractivity contribution in [3.8, 4) is 11.8 Å². The molecule has 0 bridgehead atoms. The van der Waals surface area contributed by atoms with Crippen molar-refractivity contribution in [1.82, 2.24) is 0 Å². The topological polar surface area (TPSA) is 33.0 Å². The maximum Gasteiger partial charge on any atom is 0.119 e. The molecule has 0 amide bonds. The molecule has 0 fully saturated rings. The van der Waals surface area contributed by atoms with Gasteiger partial charge in [0.25, 0.3) is 0 Å². The molecule has 1 rings (SSSR count). The van der Waals surface area contributed by atoms with E-state index in [1.165, 1.54) is 0 Å². The van der Waals surface area contributed by atoms with Gasteiger partial charge >= 0.3 is 0 Å². The van der Waals surface area contributed by atoms with E-state index in [4.69, 9.17) is 10.00 Å². The zero-order valence-corrected chi connectivity index (χ0v) is 9.89. The molecule has 0 aliphatic carbocycles. The van der Waals surface area contributed by atoms with Crippen LogP contribution in [-0.2, 0) is 0 Å². The molecule has 1 aromatic rings. The second-order valence-electron chi connectivity index (χ2n) is 3.40. The summed E-state index contributed by atoms with van der Waals surface area (Å²) in [5.74, 6) is 0.747. The molecule has 0 atom stereocenters. The molecule has 0 aromatic heterocycles. The maximum atomic E-state index is 8.66. The lowest BCUT2D eigenvalue weighted by molar-refractivity contribution is 0.355. The molecule has 2 heteroatoms. The Balaban J connectivity index is 2.60. The van der Waals surface area contributed by atoms with Crippen LogP contribution in [0.2, 0.25) is 0 Å².